The molecule has 0 spiro atoms. The Morgan fingerprint density at radius 1 is 1.21 bits per heavy atom. The van der Waals surface area contributed by atoms with Gasteiger partial charge in [-0.3, -0.25) is 4.98 Å². The van der Waals surface area contributed by atoms with Gasteiger partial charge in [-0.05, 0) is 70.1 Å². The van der Waals surface area contributed by atoms with Gasteiger partial charge in [-0.2, -0.15) is 0 Å². The number of pyridine rings is 1. The number of carbonyl (C=O) groups is 1. The third-order valence-corrected chi connectivity index (χ3v) is 5.01. The van der Waals surface area contributed by atoms with Crippen LogP contribution in [0.3, 0.4) is 0 Å². The lowest BCUT2D eigenvalue weighted by Crippen LogP contribution is -2.40. The SMILES string of the molecule is COc1cnc2cccc(/C=C/[C@H]3CC[C@H](NC(=O)OC(C)(C)C)CC3)c2c1. The van der Waals surface area contributed by atoms with E-state index >= 15 is 0 Å². The zero-order chi connectivity index (χ0) is 20.1. The van der Waals surface area contributed by atoms with Crippen molar-refractivity contribution in [3.63, 3.8) is 0 Å². The molecule has 1 fully saturated rings. The summed E-state index contributed by atoms with van der Waals surface area (Å²) in [5.74, 6) is 1.28. The van der Waals surface area contributed by atoms with Crippen molar-refractivity contribution in [3.8, 4) is 5.75 Å². The highest BCUT2D eigenvalue weighted by molar-refractivity contribution is 5.88. The lowest BCUT2D eigenvalue weighted by molar-refractivity contribution is 0.0490. The van der Waals surface area contributed by atoms with Gasteiger partial charge in [0.05, 0.1) is 18.8 Å². The number of carbonyl (C=O) groups excluding carboxylic acids is 1. The van der Waals surface area contributed by atoms with Gasteiger partial charge in [-0.25, -0.2) is 4.79 Å². The Bertz CT molecular complexity index is 847. The number of aromatic nitrogens is 1. The number of amides is 1. The Morgan fingerprint density at radius 2 is 1.96 bits per heavy atom. The van der Waals surface area contributed by atoms with Crippen molar-refractivity contribution in [2.24, 2.45) is 5.92 Å². The van der Waals surface area contributed by atoms with Gasteiger partial charge in [0, 0.05) is 11.4 Å². The summed E-state index contributed by atoms with van der Waals surface area (Å²) in [6, 6.07) is 8.38. The second kappa shape index (κ2) is 8.63. The second-order valence-corrected chi connectivity index (χ2v) is 8.41. The van der Waals surface area contributed by atoms with E-state index in [0.29, 0.717) is 5.92 Å². The molecule has 1 aliphatic carbocycles. The van der Waals surface area contributed by atoms with Gasteiger partial charge in [0.15, 0.2) is 0 Å². The first-order chi connectivity index (χ1) is 13.3. The third kappa shape index (κ3) is 5.47. The van der Waals surface area contributed by atoms with Gasteiger partial charge < -0.3 is 14.8 Å². The number of methoxy groups -OCH3 is 1. The molecule has 0 aliphatic heterocycles. The van der Waals surface area contributed by atoms with Crippen molar-refractivity contribution in [1.29, 1.82) is 0 Å². The highest BCUT2D eigenvalue weighted by Gasteiger charge is 2.23. The largest absolute Gasteiger partial charge is 0.495 e. The van der Waals surface area contributed by atoms with Crippen molar-refractivity contribution < 1.29 is 14.3 Å². The van der Waals surface area contributed by atoms with Crippen LogP contribution in [0.2, 0.25) is 0 Å². The maximum Gasteiger partial charge on any atom is 0.407 e. The number of hydrogen-bond acceptors (Lipinski definition) is 4. The van der Waals surface area contributed by atoms with Crippen LogP contribution in [0.1, 0.15) is 52.0 Å². The van der Waals surface area contributed by atoms with Gasteiger partial charge in [-0.15, -0.1) is 0 Å². The number of benzene rings is 1. The molecule has 2 aromatic rings. The number of fused-ring (bicyclic) bond motifs is 1. The van der Waals surface area contributed by atoms with Crippen LogP contribution < -0.4 is 10.1 Å². The molecular formula is C23H30N2O3. The molecule has 0 saturated heterocycles. The summed E-state index contributed by atoms with van der Waals surface area (Å²) >= 11 is 0. The van der Waals surface area contributed by atoms with E-state index in [1.54, 1.807) is 13.3 Å². The van der Waals surface area contributed by atoms with Crippen molar-refractivity contribution >= 4 is 23.1 Å². The smallest absolute Gasteiger partial charge is 0.407 e. The van der Waals surface area contributed by atoms with E-state index in [9.17, 15) is 4.79 Å². The Balaban J connectivity index is 1.58. The van der Waals surface area contributed by atoms with Crippen LogP contribution >= 0.6 is 0 Å². The molecular weight excluding hydrogens is 352 g/mol. The monoisotopic (exact) mass is 382 g/mol. The van der Waals surface area contributed by atoms with E-state index < -0.39 is 5.60 Å². The molecule has 5 heteroatoms. The predicted molar refractivity (Wildman–Crippen MR) is 112 cm³/mol. The normalized spacial score (nSPS) is 20.3. The summed E-state index contributed by atoms with van der Waals surface area (Å²) in [4.78, 5) is 16.4. The third-order valence-electron chi connectivity index (χ3n) is 5.01. The molecule has 1 N–H and O–H groups in total. The summed E-state index contributed by atoms with van der Waals surface area (Å²) < 4.78 is 10.7. The van der Waals surface area contributed by atoms with Crippen LogP contribution in [-0.2, 0) is 4.74 Å². The minimum absolute atomic E-state index is 0.200. The molecule has 0 unspecified atom stereocenters. The van der Waals surface area contributed by atoms with E-state index in [1.807, 2.05) is 39.0 Å². The Kier molecular flexibility index (Phi) is 6.22. The number of allylic oxidation sites excluding steroid dienone is 1. The molecule has 150 valence electrons. The van der Waals surface area contributed by atoms with Crippen molar-refractivity contribution in [2.45, 2.75) is 58.1 Å². The van der Waals surface area contributed by atoms with Gasteiger partial charge in [0.2, 0.25) is 0 Å². The number of nitrogens with one attached hydrogen (secondary N) is 1. The summed E-state index contributed by atoms with van der Waals surface area (Å²) in [5, 5.41) is 4.09. The van der Waals surface area contributed by atoms with E-state index in [0.717, 1.165) is 47.9 Å². The fraction of sp³-hybridized carbons (Fsp3) is 0.478. The van der Waals surface area contributed by atoms with Crippen molar-refractivity contribution in [2.75, 3.05) is 7.11 Å². The van der Waals surface area contributed by atoms with Gasteiger partial charge in [-0.1, -0.05) is 24.3 Å². The lowest BCUT2D eigenvalue weighted by Gasteiger charge is -2.28. The molecule has 1 amide bonds. The lowest BCUT2D eigenvalue weighted by atomic mass is 9.85. The second-order valence-electron chi connectivity index (χ2n) is 8.41. The Morgan fingerprint density at radius 3 is 2.64 bits per heavy atom. The van der Waals surface area contributed by atoms with Crippen LogP contribution in [0, 0.1) is 5.92 Å². The molecule has 5 nitrogen and oxygen atoms in total. The van der Waals surface area contributed by atoms with Crippen molar-refractivity contribution in [3.05, 3.63) is 42.1 Å². The molecule has 28 heavy (non-hydrogen) atoms. The molecule has 0 radical (unpaired) electrons. The highest BCUT2D eigenvalue weighted by Crippen LogP contribution is 2.28. The van der Waals surface area contributed by atoms with Crippen LogP contribution in [0.4, 0.5) is 4.79 Å². The number of alkyl carbamates (subject to hydrolysis) is 1. The topological polar surface area (TPSA) is 60.5 Å². The Labute approximate surface area is 167 Å². The van der Waals surface area contributed by atoms with Crippen LogP contribution in [-0.4, -0.2) is 29.8 Å². The van der Waals surface area contributed by atoms with Crippen molar-refractivity contribution in [1.82, 2.24) is 10.3 Å². The molecule has 0 atom stereocenters. The highest BCUT2D eigenvalue weighted by atomic mass is 16.6. The first-order valence-electron chi connectivity index (χ1n) is 9.94. The quantitative estimate of drug-likeness (QED) is 0.775. The summed E-state index contributed by atoms with van der Waals surface area (Å²) in [5.41, 5.74) is 1.66. The fourth-order valence-corrected chi connectivity index (χ4v) is 3.58. The summed E-state index contributed by atoms with van der Waals surface area (Å²) in [6.45, 7) is 5.64. The minimum atomic E-state index is -0.458. The molecule has 1 aromatic carbocycles. The summed E-state index contributed by atoms with van der Waals surface area (Å²) in [7, 11) is 1.66. The predicted octanol–water partition coefficient (Wildman–Crippen LogP) is 5.34. The van der Waals surface area contributed by atoms with Crippen LogP contribution in [0.15, 0.2) is 36.5 Å². The van der Waals surface area contributed by atoms with Crippen LogP contribution in [0.25, 0.3) is 17.0 Å². The van der Waals surface area contributed by atoms with Crippen LogP contribution in [0.5, 0.6) is 5.75 Å². The molecule has 0 bridgehead atoms. The number of nitrogens with zero attached hydrogens (tertiary/aromatic N) is 1. The van der Waals surface area contributed by atoms with E-state index in [4.69, 9.17) is 9.47 Å². The maximum absolute atomic E-state index is 11.9. The van der Waals surface area contributed by atoms with E-state index in [1.165, 1.54) is 0 Å². The first kappa shape index (κ1) is 20.2. The Hall–Kier alpha value is -2.56. The fourth-order valence-electron chi connectivity index (χ4n) is 3.58. The molecule has 1 heterocycles. The molecule has 1 aromatic heterocycles. The first-order valence-corrected chi connectivity index (χ1v) is 9.94. The van der Waals surface area contributed by atoms with Gasteiger partial charge in [0.25, 0.3) is 0 Å². The minimum Gasteiger partial charge on any atom is -0.495 e. The van der Waals surface area contributed by atoms with E-state index in [-0.39, 0.29) is 12.1 Å². The molecule has 1 saturated carbocycles. The number of rotatable bonds is 4. The van der Waals surface area contributed by atoms with Gasteiger partial charge >= 0.3 is 6.09 Å². The zero-order valence-corrected chi connectivity index (χ0v) is 17.2. The zero-order valence-electron chi connectivity index (χ0n) is 17.2. The van der Waals surface area contributed by atoms with Gasteiger partial charge in [0.1, 0.15) is 11.4 Å². The average Bonchev–Trinajstić information content (AvgIpc) is 2.65. The number of ether oxygens (including phenoxy) is 2. The summed E-state index contributed by atoms with van der Waals surface area (Å²) in [6.07, 6.45) is 9.97. The average molecular weight is 383 g/mol. The number of hydrogen-bond donors (Lipinski definition) is 1. The standard InChI is InChI=1S/C23H30N2O3/c1-23(2,3)28-22(26)25-18-12-9-16(10-13-18)8-11-17-6-5-7-21-20(17)14-19(27-4)15-24-21/h5-8,11,14-16,18H,9-10,12-13H2,1-4H3,(H,25,26)/b11-8+/t16-,18-. The molecule has 3 rings (SSSR count). The molecule has 1 aliphatic rings. The van der Waals surface area contributed by atoms with E-state index in [2.05, 4.69) is 28.5 Å². The maximum atomic E-state index is 11.9.